The van der Waals surface area contributed by atoms with Crippen LogP contribution in [-0.4, -0.2) is 98.1 Å². The molecule has 2 fully saturated rings. The fourth-order valence-corrected chi connectivity index (χ4v) is 7.10. The maximum atomic E-state index is 14.4. The van der Waals surface area contributed by atoms with Gasteiger partial charge in [0.05, 0.1) is 19.6 Å². The van der Waals surface area contributed by atoms with Crippen molar-refractivity contribution in [3.63, 3.8) is 0 Å². The van der Waals surface area contributed by atoms with Gasteiger partial charge in [0.2, 0.25) is 23.4 Å². The third kappa shape index (κ3) is 6.33. The van der Waals surface area contributed by atoms with E-state index in [0.29, 0.717) is 13.0 Å². The molecule has 1 N–H and O–H groups in total. The second-order valence-electron chi connectivity index (χ2n) is 12.4. The van der Waals surface area contributed by atoms with Crippen LogP contribution in [0.5, 0.6) is 5.75 Å². The van der Waals surface area contributed by atoms with E-state index in [1.54, 1.807) is 57.1 Å². The van der Waals surface area contributed by atoms with Crippen LogP contribution < -0.4 is 0 Å². The second kappa shape index (κ2) is 13.3. The van der Waals surface area contributed by atoms with Crippen LogP contribution >= 0.6 is 0 Å². The molecule has 10 heteroatoms. The number of amides is 3. The number of hydrogen-bond acceptors (Lipinski definition) is 6. The van der Waals surface area contributed by atoms with Gasteiger partial charge in [-0.1, -0.05) is 66.7 Å². The van der Waals surface area contributed by atoms with Crippen LogP contribution in [0.4, 0.5) is 5.69 Å². The molecule has 0 spiro atoms. The number of aryl methyl sites for hydroxylation is 1. The number of nitrogens with zero attached hydrogens (tertiary/aromatic N) is 5. The number of ketones is 1. The highest BCUT2D eigenvalue weighted by Gasteiger charge is 2.51. The average Bonchev–Trinajstić information content (AvgIpc) is 3.41. The van der Waals surface area contributed by atoms with Crippen molar-refractivity contribution in [2.45, 2.75) is 50.9 Å². The zero-order valence-corrected chi connectivity index (χ0v) is 26.8. The van der Waals surface area contributed by atoms with E-state index in [1.165, 1.54) is 0 Å². The minimum Gasteiger partial charge on any atom is -0.508 e. The van der Waals surface area contributed by atoms with E-state index in [0.717, 1.165) is 27.9 Å². The van der Waals surface area contributed by atoms with E-state index in [1.807, 2.05) is 66.4 Å². The van der Waals surface area contributed by atoms with Crippen molar-refractivity contribution >= 4 is 35.4 Å². The maximum Gasteiger partial charge on any atom is 0.246 e. The number of fused-ring (bicyclic) bond motifs is 2. The summed E-state index contributed by atoms with van der Waals surface area (Å²) in [4.78, 5) is 58.2. The summed E-state index contributed by atoms with van der Waals surface area (Å²) in [6.45, 7) is 6.04. The molecule has 3 aromatic carbocycles. The van der Waals surface area contributed by atoms with E-state index in [2.05, 4.69) is 6.58 Å². The zero-order valence-electron chi connectivity index (χ0n) is 26.8. The number of phenols is 1. The molecule has 3 aromatic rings. The molecule has 0 radical (unpaired) electrons. The number of carbonyl (C=O) groups excluding carboxylic acids is 4. The lowest BCUT2D eigenvalue weighted by Crippen LogP contribution is -2.75. The van der Waals surface area contributed by atoms with Gasteiger partial charge in [-0.25, -0.2) is 14.6 Å². The molecule has 242 valence electrons. The Balaban J connectivity index is 1.37. The number of para-hydroxylation sites is 1. The quantitative estimate of drug-likeness (QED) is 0.271. The van der Waals surface area contributed by atoms with Crippen molar-refractivity contribution in [2.75, 3.05) is 26.7 Å². The molecule has 47 heavy (non-hydrogen) atoms. The number of phenolic OH excluding ortho intramolecular Hbond substituents is 1. The number of piperazine rings is 1. The minimum atomic E-state index is -0.868. The number of hydrogen-bond donors (Lipinski definition) is 1. The first-order chi connectivity index (χ1) is 22.7. The lowest BCUT2D eigenvalue weighted by atomic mass is 9.94. The average molecular weight is 635 g/mol. The molecule has 0 aromatic heterocycles. The fraction of sp³-hybridized carbons (Fsp3) is 0.324. The smallest absolute Gasteiger partial charge is 0.246 e. The highest BCUT2D eigenvalue weighted by atomic mass is 16.3. The summed E-state index contributed by atoms with van der Waals surface area (Å²) < 4.78 is 1.95. The standard InChI is InChI=1S/C37H39N5O5/c1-4-19-40-24-35(46)41-32(20-27-13-16-29(44)17-14-27)37(47)39(21-28-11-8-12-30-31(25(2)43)22-38(3)36(28)30)23-33(41)42(40)34(45)18-15-26-9-6-5-7-10-26/h4-14,16-17,22,31-33H,1,15,18-21,23-24H2,2-3H3/p+1/t31?,32-,33-/m0/s1. The molecular formula is C37H40N5O5+. The van der Waals surface area contributed by atoms with E-state index >= 15 is 0 Å². The number of hydrazine groups is 1. The topological polar surface area (TPSA) is 104 Å². The summed E-state index contributed by atoms with van der Waals surface area (Å²) in [5.74, 6) is -0.808. The van der Waals surface area contributed by atoms with Gasteiger partial charge in [0.25, 0.3) is 0 Å². The van der Waals surface area contributed by atoms with Gasteiger partial charge < -0.3 is 14.9 Å². The van der Waals surface area contributed by atoms with Gasteiger partial charge >= 0.3 is 0 Å². The normalized spacial score (nSPS) is 20.9. The van der Waals surface area contributed by atoms with Crippen molar-refractivity contribution in [1.29, 1.82) is 0 Å². The Morgan fingerprint density at radius 2 is 1.74 bits per heavy atom. The molecule has 3 aliphatic rings. The van der Waals surface area contributed by atoms with Crippen LogP contribution in [0.3, 0.4) is 0 Å². The van der Waals surface area contributed by atoms with Crippen molar-refractivity contribution in [2.24, 2.45) is 0 Å². The van der Waals surface area contributed by atoms with Crippen LogP contribution in [-0.2, 0) is 38.6 Å². The van der Waals surface area contributed by atoms with Crippen LogP contribution in [0.2, 0.25) is 0 Å². The highest BCUT2D eigenvalue weighted by molar-refractivity contribution is 6.01. The summed E-state index contributed by atoms with van der Waals surface area (Å²) in [5, 5.41) is 13.3. The summed E-state index contributed by atoms with van der Waals surface area (Å²) in [6.07, 6.45) is 3.82. The number of carbonyl (C=O) groups is 4. The lowest BCUT2D eigenvalue weighted by molar-refractivity contribution is -0.397. The van der Waals surface area contributed by atoms with E-state index in [9.17, 15) is 24.3 Å². The van der Waals surface area contributed by atoms with Gasteiger partial charge in [0, 0.05) is 30.5 Å². The number of rotatable bonds is 10. The van der Waals surface area contributed by atoms with E-state index in [-0.39, 0.29) is 67.6 Å². The van der Waals surface area contributed by atoms with Crippen LogP contribution in [0, 0.1) is 0 Å². The summed E-state index contributed by atoms with van der Waals surface area (Å²) >= 11 is 0. The first-order valence-corrected chi connectivity index (χ1v) is 16.0. The third-order valence-electron chi connectivity index (χ3n) is 9.27. The molecule has 6 rings (SSSR count). The number of Topliss-reactive ketones (excluding diaryl/α,β-unsaturated/α-hetero) is 1. The molecule has 0 saturated carbocycles. The first-order valence-electron chi connectivity index (χ1n) is 16.0. The zero-order chi connectivity index (χ0) is 33.2. The summed E-state index contributed by atoms with van der Waals surface area (Å²) in [5.41, 5.74) is 4.48. The Morgan fingerprint density at radius 1 is 1.00 bits per heavy atom. The third-order valence-corrected chi connectivity index (χ3v) is 9.27. The fourth-order valence-electron chi connectivity index (χ4n) is 7.10. The Morgan fingerprint density at radius 3 is 2.45 bits per heavy atom. The first kappa shape index (κ1) is 31.9. The monoisotopic (exact) mass is 634 g/mol. The SMILES string of the molecule is C=CCN1CC(=O)N2[C@@H](Cc3ccc(O)cc3)C(=O)N(Cc3cccc4c3[N+](C)=CC4C(C)=O)C[C@@H]2N1C(=O)CCc1ccccc1. The molecule has 3 amide bonds. The molecular weight excluding hydrogens is 594 g/mol. The Kier molecular flexibility index (Phi) is 9.04. The largest absolute Gasteiger partial charge is 0.508 e. The Labute approximate surface area is 274 Å². The molecule has 2 saturated heterocycles. The predicted molar refractivity (Wildman–Crippen MR) is 177 cm³/mol. The molecule has 0 bridgehead atoms. The molecule has 1 unspecified atom stereocenters. The summed E-state index contributed by atoms with van der Waals surface area (Å²) in [7, 11) is 1.90. The number of benzene rings is 3. The molecule has 3 atom stereocenters. The second-order valence-corrected chi connectivity index (χ2v) is 12.4. The van der Waals surface area contributed by atoms with Crippen LogP contribution in [0.15, 0.2) is 85.5 Å². The molecule has 0 aliphatic carbocycles. The molecule has 3 aliphatic heterocycles. The molecule has 10 nitrogen and oxygen atoms in total. The van der Waals surface area contributed by atoms with Gasteiger partial charge in [0.1, 0.15) is 36.7 Å². The predicted octanol–water partition coefficient (Wildman–Crippen LogP) is 3.41. The molecule has 3 heterocycles. The van der Waals surface area contributed by atoms with Crippen molar-refractivity contribution in [1.82, 2.24) is 19.8 Å². The van der Waals surface area contributed by atoms with E-state index < -0.39 is 12.2 Å². The van der Waals surface area contributed by atoms with Crippen LogP contribution in [0.25, 0.3) is 0 Å². The maximum absolute atomic E-state index is 14.4. The number of aromatic hydroxyl groups is 1. The van der Waals surface area contributed by atoms with Crippen LogP contribution in [0.1, 0.15) is 41.5 Å². The van der Waals surface area contributed by atoms with Gasteiger partial charge in [0.15, 0.2) is 6.21 Å². The Hall–Kier alpha value is -5.09. The Bertz CT molecular complexity index is 1740. The minimum absolute atomic E-state index is 0.0408. The van der Waals surface area contributed by atoms with Gasteiger partial charge in [-0.3, -0.25) is 19.2 Å². The van der Waals surface area contributed by atoms with Gasteiger partial charge in [-0.05, 0) is 36.6 Å². The lowest BCUT2D eigenvalue weighted by Gasteiger charge is -2.55. The van der Waals surface area contributed by atoms with Crippen molar-refractivity contribution in [3.8, 4) is 5.75 Å². The van der Waals surface area contributed by atoms with Gasteiger partial charge in [-0.2, -0.15) is 0 Å². The summed E-state index contributed by atoms with van der Waals surface area (Å²) in [6, 6.07) is 21.3. The highest BCUT2D eigenvalue weighted by Crippen LogP contribution is 2.37. The van der Waals surface area contributed by atoms with Crippen molar-refractivity contribution in [3.05, 3.63) is 108 Å². The van der Waals surface area contributed by atoms with Gasteiger partial charge in [-0.15, -0.1) is 6.58 Å². The van der Waals surface area contributed by atoms with Crippen molar-refractivity contribution < 1.29 is 28.9 Å². The van der Waals surface area contributed by atoms with E-state index in [4.69, 9.17) is 0 Å².